The summed E-state index contributed by atoms with van der Waals surface area (Å²) < 4.78 is 5.60. The van der Waals surface area contributed by atoms with Crippen LogP contribution in [0.15, 0.2) is 36.4 Å². The van der Waals surface area contributed by atoms with Gasteiger partial charge in [0, 0.05) is 10.6 Å². The predicted molar refractivity (Wildman–Crippen MR) is 82.6 cm³/mol. The van der Waals surface area contributed by atoms with Crippen LogP contribution in [0, 0.1) is 13.8 Å². The monoisotopic (exact) mass is 290 g/mol. The molecule has 20 heavy (non-hydrogen) atoms. The average Bonchev–Trinajstić information content (AvgIpc) is 2.43. The summed E-state index contributed by atoms with van der Waals surface area (Å²) in [6.07, 6.45) is -0.715. The third-order valence-corrected chi connectivity index (χ3v) is 3.68. The van der Waals surface area contributed by atoms with Crippen LogP contribution in [0.5, 0.6) is 5.75 Å². The lowest BCUT2D eigenvalue weighted by Crippen LogP contribution is -2.05. The van der Waals surface area contributed by atoms with Gasteiger partial charge >= 0.3 is 0 Å². The van der Waals surface area contributed by atoms with Crippen molar-refractivity contribution >= 4 is 11.6 Å². The van der Waals surface area contributed by atoms with Crippen LogP contribution >= 0.6 is 11.6 Å². The van der Waals surface area contributed by atoms with Gasteiger partial charge < -0.3 is 9.84 Å². The van der Waals surface area contributed by atoms with Crippen molar-refractivity contribution in [1.29, 1.82) is 0 Å². The Morgan fingerprint density at radius 1 is 1.15 bits per heavy atom. The molecule has 0 amide bonds. The van der Waals surface area contributed by atoms with E-state index in [1.54, 1.807) is 0 Å². The summed E-state index contributed by atoms with van der Waals surface area (Å²) >= 11 is 6.03. The number of hydrogen-bond acceptors (Lipinski definition) is 2. The maximum atomic E-state index is 10.6. The van der Waals surface area contributed by atoms with Crippen LogP contribution in [0.3, 0.4) is 0 Å². The Morgan fingerprint density at radius 3 is 2.55 bits per heavy atom. The summed E-state index contributed by atoms with van der Waals surface area (Å²) in [5.41, 5.74) is 3.65. The highest BCUT2D eigenvalue weighted by Gasteiger charge is 2.16. The largest absolute Gasteiger partial charge is 0.493 e. The van der Waals surface area contributed by atoms with Crippen molar-refractivity contribution in [3.05, 3.63) is 63.7 Å². The summed E-state index contributed by atoms with van der Waals surface area (Å²) in [6.45, 7) is 6.43. The van der Waals surface area contributed by atoms with Gasteiger partial charge in [-0.1, -0.05) is 35.4 Å². The van der Waals surface area contributed by atoms with E-state index < -0.39 is 6.10 Å². The number of aliphatic hydroxyl groups excluding tert-OH is 1. The quantitative estimate of drug-likeness (QED) is 0.902. The number of aliphatic hydroxyl groups is 1. The van der Waals surface area contributed by atoms with Crippen molar-refractivity contribution in [2.24, 2.45) is 0 Å². The Labute approximate surface area is 125 Å². The molecule has 0 heterocycles. The van der Waals surface area contributed by atoms with E-state index in [1.165, 1.54) is 0 Å². The fraction of sp³-hybridized carbons (Fsp3) is 0.294. The molecule has 2 aromatic carbocycles. The summed E-state index contributed by atoms with van der Waals surface area (Å²) in [5.74, 6) is 0.721. The molecule has 2 nitrogen and oxygen atoms in total. The van der Waals surface area contributed by atoms with Crippen LogP contribution < -0.4 is 4.74 Å². The molecule has 0 bridgehead atoms. The van der Waals surface area contributed by atoms with Crippen LogP contribution in [0.2, 0.25) is 5.02 Å². The first-order chi connectivity index (χ1) is 9.52. The molecule has 3 heteroatoms. The van der Waals surface area contributed by atoms with Crippen molar-refractivity contribution < 1.29 is 9.84 Å². The predicted octanol–water partition coefficient (Wildman–Crippen LogP) is 4.44. The number of benzene rings is 2. The molecule has 1 atom stereocenters. The van der Waals surface area contributed by atoms with Gasteiger partial charge in [-0.2, -0.15) is 0 Å². The van der Waals surface area contributed by atoms with Gasteiger partial charge in [0.1, 0.15) is 11.9 Å². The van der Waals surface area contributed by atoms with E-state index in [2.05, 4.69) is 0 Å². The average molecular weight is 291 g/mol. The first-order valence-electron chi connectivity index (χ1n) is 6.70. The molecule has 0 aliphatic carbocycles. The highest BCUT2D eigenvalue weighted by Crippen LogP contribution is 2.32. The molecule has 2 aromatic rings. The number of halogens is 1. The van der Waals surface area contributed by atoms with Gasteiger partial charge in [-0.3, -0.25) is 0 Å². The van der Waals surface area contributed by atoms with E-state index in [9.17, 15) is 5.11 Å². The molecule has 0 saturated carbocycles. The third-order valence-electron chi connectivity index (χ3n) is 3.26. The van der Waals surface area contributed by atoms with Crippen molar-refractivity contribution in [1.82, 2.24) is 0 Å². The molecular weight excluding hydrogens is 272 g/mol. The van der Waals surface area contributed by atoms with Gasteiger partial charge in [0.05, 0.1) is 6.61 Å². The molecule has 0 aliphatic rings. The minimum absolute atomic E-state index is 0.572. The molecule has 106 valence electrons. The number of aryl methyl sites for hydroxylation is 2. The van der Waals surface area contributed by atoms with E-state index >= 15 is 0 Å². The van der Waals surface area contributed by atoms with Gasteiger partial charge in [0.15, 0.2) is 0 Å². The van der Waals surface area contributed by atoms with Crippen LogP contribution in [-0.2, 0) is 0 Å². The zero-order chi connectivity index (χ0) is 14.7. The van der Waals surface area contributed by atoms with Crippen molar-refractivity contribution in [3.63, 3.8) is 0 Å². The zero-order valence-corrected chi connectivity index (χ0v) is 12.7. The normalized spacial score (nSPS) is 12.2. The molecule has 0 fully saturated rings. The zero-order valence-electron chi connectivity index (χ0n) is 12.0. The van der Waals surface area contributed by atoms with Crippen LogP contribution in [0.1, 0.15) is 35.3 Å². The van der Waals surface area contributed by atoms with Gasteiger partial charge in [0.2, 0.25) is 0 Å². The second kappa shape index (κ2) is 6.29. The first kappa shape index (κ1) is 14.9. The second-order valence-corrected chi connectivity index (χ2v) is 5.29. The fourth-order valence-electron chi connectivity index (χ4n) is 2.19. The lowest BCUT2D eigenvalue weighted by molar-refractivity contribution is 0.212. The Hall–Kier alpha value is -1.51. The summed E-state index contributed by atoms with van der Waals surface area (Å²) in [7, 11) is 0. The lowest BCUT2D eigenvalue weighted by Gasteiger charge is -2.17. The molecule has 1 N–H and O–H groups in total. The van der Waals surface area contributed by atoms with Crippen LogP contribution in [-0.4, -0.2) is 11.7 Å². The molecular formula is C17H19ClO2. The smallest absolute Gasteiger partial charge is 0.125 e. The second-order valence-electron chi connectivity index (χ2n) is 4.89. The minimum Gasteiger partial charge on any atom is -0.493 e. The van der Waals surface area contributed by atoms with Gasteiger partial charge in [-0.05, 0) is 50.1 Å². The maximum absolute atomic E-state index is 10.6. The number of hydrogen-bond donors (Lipinski definition) is 1. The topological polar surface area (TPSA) is 29.5 Å². The molecule has 0 aliphatic heterocycles. The van der Waals surface area contributed by atoms with Gasteiger partial charge in [-0.15, -0.1) is 0 Å². The highest BCUT2D eigenvalue weighted by atomic mass is 35.5. The lowest BCUT2D eigenvalue weighted by atomic mass is 9.98. The minimum atomic E-state index is -0.715. The fourth-order valence-corrected chi connectivity index (χ4v) is 2.30. The van der Waals surface area contributed by atoms with Crippen molar-refractivity contribution in [2.45, 2.75) is 26.9 Å². The van der Waals surface area contributed by atoms with E-state index in [-0.39, 0.29) is 0 Å². The Morgan fingerprint density at radius 2 is 1.90 bits per heavy atom. The molecule has 0 radical (unpaired) electrons. The van der Waals surface area contributed by atoms with Crippen LogP contribution in [0.25, 0.3) is 0 Å². The van der Waals surface area contributed by atoms with Crippen molar-refractivity contribution in [3.8, 4) is 5.75 Å². The Bertz CT molecular complexity index is 608. The first-order valence-corrected chi connectivity index (χ1v) is 7.08. The SMILES string of the molecule is CCOc1ccc(C)cc1C(O)c1ccc(Cl)c(C)c1. The summed E-state index contributed by atoms with van der Waals surface area (Å²) in [4.78, 5) is 0. The van der Waals surface area contributed by atoms with Crippen LogP contribution in [0.4, 0.5) is 0 Å². The van der Waals surface area contributed by atoms with E-state index in [0.29, 0.717) is 11.6 Å². The molecule has 1 unspecified atom stereocenters. The van der Waals surface area contributed by atoms with E-state index in [1.807, 2.05) is 57.2 Å². The standard InChI is InChI=1S/C17H19ClO2/c1-4-20-16-8-5-11(2)9-14(16)17(19)13-6-7-15(18)12(3)10-13/h5-10,17,19H,4H2,1-3H3. The Kier molecular flexibility index (Phi) is 4.69. The Balaban J connectivity index is 2.43. The van der Waals surface area contributed by atoms with Gasteiger partial charge in [-0.25, -0.2) is 0 Å². The summed E-state index contributed by atoms with van der Waals surface area (Å²) in [6, 6.07) is 11.4. The molecule has 0 aromatic heterocycles. The number of ether oxygens (including phenoxy) is 1. The van der Waals surface area contributed by atoms with Gasteiger partial charge in [0.25, 0.3) is 0 Å². The maximum Gasteiger partial charge on any atom is 0.125 e. The molecule has 0 spiro atoms. The third kappa shape index (κ3) is 3.14. The summed E-state index contributed by atoms with van der Waals surface area (Å²) in [5, 5.41) is 11.3. The van der Waals surface area contributed by atoms with E-state index in [0.717, 1.165) is 28.0 Å². The molecule has 2 rings (SSSR count). The van der Waals surface area contributed by atoms with E-state index in [4.69, 9.17) is 16.3 Å². The van der Waals surface area contributed by atoms with Crippen molar-refractivity contribution in [2.75, 3.05) is 6.61 Å². The number of rotatable bonds is 4. The highest BCUT2D eigenvalue weighted by molar-refractivity contribution is 6.31. The molecule has 0 saturated heterocycles.